The summed E-state index contributed by atoms with van der Waals surface area (Å²) in [5.41, 5.74) is 1.59. The highest BCUT2D eigenvalue weighted by molar-refractivity contribution is 7.22. The molecular weight excluding hydrogens is 410 g/mol. The molecular formula is C24H33N3O3S. The number of hydrogen-bond donors (Lipinski definition) is 1. The predicted octanol–water partition coefficient (Wildman–Crippen LogP) is 4.23. The van der Waals surface area contributed by atoms with Crippen LogP contribution in [-0.4, -0.2) is 48.7 Å². The van der Waals surface area contributed by atoms with E-state index in [4.69, 9.17) is 4.74 Å². The third kappa shape index (κ3) is 4.84. The molecule has 0 aliphatic rings. The summed E-state index contributed by atoms with van der Waals surface area (Å²) in [5.74, 6) is -0.135. The van der Waals surface area contributed by atoms with Crippen molar-refractivity contribution in [2.45, 2.75) is 46.8 Å². The van der Waals surface area contributed by atoms with Gasteiger partial charge in [-0.05, 0) is 25.6 Å². The molecule has 0 saturated carbocycles. The van der Waals surface area contributed by atoms with Gasteiger partial charge in [0.15, 0.2) is 0 Å². The van der Waals surface area contributed by atoms with Gasteiger partial charge >= 0.3 is 0 Å². The van der Waals surface area contributed by atoms with Crippen LogP contribution in [0.25, 0.3) is 21.0 Å². The van der Waals surface area contributed by atoms with Crippen LogP contribution in [0.2, 0.25) is 0 Å². The second kappa shape index (κ2) is 10.9. The van der Waals surface area contributed by atoms with Crippen LogP contribution in [-0.2, 0) is 17.9 Å². The number of amides is 1. The lowest BCUT2D eigenvalue weighted by Crippen LogP contribution is -2.34. The zero-order chi connectivity index (χ0) is 22.4. The Labute approximate surface area is 187 Å². The van der Waals surface area contributed by atoms with Gasteiger partial charge in [0, 0.05) is 37.7 Å². The summed E-state index contributed by atoms with van der Waals surface area (Å²) in [7, 11) is 1.60. The molecule has 6 nitrogen and oxygen atoms in total. The second-order valence-electron chi connectivity index (χ2n) is 7.66. The number of aryl methyl sites for hydroxylation is 1. The molecule has 3 aromatic rings. The van der Waals surface area contributed by atoms with Gasteiger partial charge in [-0.15, -0.1) is 11.3 Å². The molecule has 168 valence electrons. The summed E-state index contributed by atoms with van der Waals surface area (Å²) >= 11 is 1.40. The molecule has 0 unspecified atom stereocenters. The Morgan fingerprint density at radius 3 is 2.61 bits per heavy atom. The van der Waals surface area contributed by atoms with Crippen molar-refractivity contribution in [3.8, 4) is 0 Å². The van der Waals surface area contributed by atoms with Crippen LogP contribution >= 0.6 is 11.3 Å². The van der Waals surface area contributed by atoms with Crippen molar-refractivity contribution in [3.63, 3.8) is 0 Å². The number of pyridine rings is 1. The van der Waals surface area contributed by atoms with E-state index in [9.17, 15) is 9.59 Å². The van der Waals surface area contributed by atoms with E-state index in [0.717, 1.165) is 48.1 Å². The topological polar surface area (TPSA) is 63.6 Å². The number of unbranched alkanes of at least 4 members (excludes halogenated alkanes) is 1. The summed E-state index contributed by atoms with van der Waals surface area (Å²) in [5, 5.41) is 4.67. The summed E-state index contributed by atoms with van der Waals surface area (Å²) in [6, 6.07) is 7.97. The summed E-state index contributed by atoms with van der Waals surface area (Å²) in [4.78, 5) is 29.5. The summed E-state index contributed by atoms with van der Waals surface area (Å²) in [6.07, 6.45) is 1.94. The monoisotopic (exact) mass is 443 g/mol. The average Bonchev–Trinajstić information content (AvgIpc) is 3.17. The van der Waals surface area contributed by atoms with E-state index in [0.29, 0.717) is 28.9 Å². The highest BCUT2D eigenvalue weighted by Gasteiger charge is 2.23. The summed E-state index contributed by atoms with van der Waals surface area (Å²) < 4.78 is 8.15. The molecule has 0 fully saturated rings. The molecule has 0 spiro atoms. The van der Waals surface area contributed by atoms with Crippen molar-refractivity contribution in [1.82, 2.24) is 14.8 Å². The molecule has 0 saturated heterocycles. The molecule has 0 aliphatic carbocycles. The number of thiophene rings is 1. The van der Waals surface area contributed by atoms with Crippen LogP contribution in [0.1, 0.15) is 48.8 Å². The van der Waals surface area contributed by atoms with E-state index in [1.807, 2.05) is 28.8 Å². The zero-order valence-electron chi connectivity index (χ0n) is 19.0. The fourth-order valence-electron chi connectivity index (χ4n) is 3.98. The van der Waals surface area contributed by atoms with Crippen LogP contribution in [0.3, 0.4) is 0 Å². The van der Waals surface area contributed by atoms with Crippen molar-refractivity contribution in [2.24, 2.45) is 0 Å². The number of methoxy groups -OCH3 is 1. The van der Waals surface area contributed by atoms with Gasteiger partial charge in [-0.1, -0.05) is 45.4 Å². The van der Waals surface area contributed by atoms with Crippen LogP contribution in [0, 0.1) is 0 Å². The molecule has 2 heterocycles. The highest BCUT2D eigenvalue weighted by atomic mass is 32.1. The number of carbonyl (C=O) groups excluding carboxylic acids is 1. The maximum Gasteiger partial charge on any atom is 0.261 e. The molecule has 1 aromatic carbocycles. The number of aromatic nitrogens is 1. The smallest absolute Gasteiger partial charge is 0.261 e. The number of carbonyl (C=O) groups is 1. The normalized spacial score (nSPS) is 11.6. The molecule has 31 heavy (non-hydrogen) atoms. The Morgan fingerprint density at radius 2 is 1.94 bits per heavy atom. The maximum absolute atomic E-state index is 13.5. The molecule has 1 amide bonds. The predicted molar refractivity (Wildman–Crippen MR) is 129 cm³/mol. The molecule has 0 aliphatic heterocycles. The lowest BCUT2D eigenvalue weighted by Gasteiger charge is -2.17. The third-order valence-corrected chi connectivity index (χ3v) is 7.01. The van der Waals surface area contributed by atoms with Gasteiger partial charge in [-0.25, -0.2) is 0 Å². The Hall–Kier alpha value is -2.22. The van der Waals surface area contributed by atoms with Gasteiger partial charge in [0.2, 0.25) is 0 Å². The standard InChI is InChI=1S/C24H33N3O3S/c1-5-8-14-27-19-12-10-9-11-17(19)21-20(24(27)29)18(16-30-4)22(31-21)23(28)25-13-15-26(6-2)7-3/h9-12H,5-8,13-16H2,1-4H3,(H,25,28). The van der Waals surface area contributed by atoms with Crippen molar-refractivity contribution < 1.29 is 9.53 Å². The van der Waals surface area contributed by atoms with Gasteiger partial charge in [0.25, 0.3) is 11.5 Å². The largest absolute Gasteiger partial charge is 0.380 e. The SMILES string of the molecule is CCCCn1c(=O)c2c(COC)c(C(=O)NCCN(CC)CC)sc2c2ccccc21. The molecule has 2 aromatic heterocycles. The van der Waals surface area contributed by atoms with E-state index < -0.39 is 0 Å². The molecule has 0 radical (unpaired) electrons. The van der Waals surface area contributed by atoms with Crippen LogP contribution in [0.15, 0.2) is 29.1 Å². The number of ether oxygens (including phenoxy) is 1. The molecule has 0 atom stereocenters. The van der Waals surface area contributed by atoms with Crippen molar-refractivity contribution >= 4 is 38.2 Å². The highest BCUT2D eigenvalue weighted by Crippen LogP contribution is 2.35. The number of fused-ring (bicyclic) bond motifs is 3. The molecule has 3 rings (SSSR count). The fraction of sp³-hybridized carbons (Fsp3) is 0.500. The average molecular weight is 444 g/mol. The van der Waals surface area contributed by atoms with Gasteiger partial charge in [0.1, 0.15) is 0 Å². The van der Waals surface area contributed by atoms with Gasteiger partial charge in [0.05, 0.1) is 27.1 Å². The minimum atomic E-state index is -0.135. The number of nitrogens with zero attached hydrogens (tertiary/aromatic N) is 2. The maximum atomic E-state index is 13.5. The number of nitrogens with one attached hydrogen (secondary N) is 1. The number of para-hydroxylation sites is 1. The first-order chi connectivity index (χ1) is 15.1. The minimum absolute atomic E-state index is 0.0346. The number of likely N-dealkylation sites (N-methyl/N-ethyl adjacent to an activating group) is 1. The Morgan fingerprint density at radius 1 is 1.19 bits per heavy atom. The first-order valence-electron chi connectivity index (χ1n) is 11.1. The Balaban J connectivity index is 2.10. The van der Waals surface area contributed by atoms with Crippen LogP contribution < -0.4 is 10.9 Å². The summed E-state index contributed by atoms with van der Waals surface area (Å²) in [6.45, 7) is 10.5. The molecule has 0 bridgehead atoms. The van der Waals surface area contributed by atoms with E-state index in [1.165, 1.54) is 11.3 Å². The Bertz CT molecular complexity index is 1100. The lowest BCUT2D eigenvalue weighted by atomic mass is 10.1. The van der Waals surface area contributed by atoms with Crippen molar-refractivity contribution in [2.75, 3.05) is 33.3 Å². The van der Waals surface area contributed by atoms with Crippen molar-refractivity contribution in [3.05, 3.63) is 45.1 Å². The number of benzene rings is 1. The lowest BCUT2D eigenvalue weighted by molar-refractivity contribution is 0.0948. The first kappa shape index (κ1) is 23.4. The van der Waals surface area contributed by atoms with E-state index in [2.05, 4.69) is 31.0 Å². The zero-order valence-corrected chi connectivity index (χ0v) is 19.8. The number of rotatable bonds is 11. The quantitative estimate of drug-likeness (QED) is 0.482. The first-order valence-corrected chi connectivity index (χ1v) is 11.9. The molecule has 7 heteroatoms. The van der Waals surface area contributed by atoms with Crippen molar-refractivity contribution in [1.29, 1.82) is 0 Å². The van der Waals surface area contributed by atoms with Gasteiger partial charge in [-0.3, -0.25) is 9.59 Å². The van der Waals surface area contributed by atoms with Gasteiger partial charge in [-0.2, -0.15) is 0 Å². The van der Waals surface area contributed by atoms with E-state index in [1.54, 1.807) is 7.11 Å². The Kier molecular flexibility index (Phi) is 8.23. The number of hydrogen-bond acceptors (Lipinski definition) is 5. The van der Waals surface area contributed by atoms with Crippen LogP contribution in [0.4, 0.5) is 0 Å². The molecule has 1 N–H and O–H groups in total. The second-order valence-corrected chi connectivity index (χ2v) is 8.68. The van der Waals surface area contributed by atoms with E-state index in [-0.39, 0.29) is 18.1 Å². The third-order valence-electron chi connectivity index (χ3n) is 5.74. The minimum Gasteiger partial charge on any atom is -0.380 e. The van der Waals surface area contributed by atoms with E-state index >= 15 is 0 Å². The van der Waals surface area contributed by atoms with Gasteiger partial charge < -0.3 is 19.5 Å². The fourth-order valence-corrected chi connectivity index (χ4v) is 5.23. The van der Waals surface area contributed by atoms with Crippen LogP contribution in [0.5, 0.6) is 0 Å².